The van der Waals surface area contributed by atoms with E-state index in [-0.39, 0.29) is 17.9 Å². The normalized spacial score (nSPS) is 10.1. The van der Waals surface area contributed by atoms with Crippen LogP contribution in [0.4, 0.5) is 5.69 Å². The van der Waals surface area contributed by atoms with Gasteiger partial charge >= 0.3 is 5.97 Å². The summed E-state index contributed by atoms with van der Waals surface area (Å²) in [6.07, 6.45) is 0.590. The van der Waals surface area contributed by atoms with Gasteiger partial charge in [0.25, 0.3) is 5.56 Å². The lowest BCUT2D eigenvalue weighted by Crippen LogP contribution is -2.18. The SMILES string of the molecule is COC(=O)c1ccc(NC(=O)CCc2c(C)[nH]c(=O)c(C#N)c2C)cc1. The van der Waals surface area contributed by atoms with Gasteiger partial charge in [0.2, 0.25) is 5.91 Å². The number of benzene rings is 1. The van der Waals surface area contributed by atoms with Gasteiger partial charge in [-0.15, -0.1) is 0 Å². The number of aryl methyl sites for hydroxylation is 1. The molecule has 7 heteroatoms. The molecule has 1 heterocycles. The zero-order chi connectivity index (χ0) is 19.3. The number of anilines is 1. The number of aromatic amines is 1. The van der Waals surface area contributed by atoms with Crippen LogP contribution in [0, 0.1) is 25.2 Å². The summed E-state index contributed by atoms with van der Waals surface area (Å²) >= 11 is 0. The first-order valence-electron chi connectivity index (χ1n) is 7.98. The largest absolute Gasteiger partial charge is 0.465 e. The Labute approximate surface area is 150 Å². The summed E-state index contributed by atoms with van der Waals surface area (Å²) in [5.74, 6) is -0.653. The molecule has 0 bridgehead atoms. The van der Waals surface area contributed by atoms with Crippen LogP contribution < -0.4 is 10.9 Å². The van der Waals surface area contributed by atoms with Crippen molar-refractivity contribution < 1.29 is 14.3 Å². The molecule has 26 heavy (non-hydrogen) atoms. The van der Waals surface area contributed by atoms with Crippen LogP contribution in [0.1, 0.15) is 39.2 Å². The number of rotatable bonds is 5. The van der Waals surface area contributed by atoms with E-state index in [1.54, 1.807) is 38.1 Å². The minimum Gasteiger partial charge on any atom is -0.465 e. The molecule has 0 saturated heterocycles. The number of aromatic nitrogens is 1. The third kappa shape index (κ3) is 4.16. The molecule has 2 aromatic rings. The van der Waals surface area contributed by atoms with Gasteiger partial charge in [0, 0.05) is 17.8 Å². The van der Waals surface area contributed by atoms with Gasteiger partial charge < -0.3 is 15.0 Å². The van der Waals surface area contributed by atoms with Crippen molar-refractivity contribution in [2.75, 3.05) is 12.4 Å². The molecule has 2 rings (SSSR count). The fourth-order valence-electron chi connectivity index (χ4n) is 2.69. The van der Waals surface area contributed by atoms with E-state index < -0.39 is 11.5 Å². The molecule has 1 aromatic carbocycles. The van der Waals surface area contributed by atoms with Gasteiger partial charge in [0.15, 0.2) is 0 Å². The Hall–Kier alpha value is -3.40. The zero-order valence-corrected chi connectivity index (χ0v) is 14.8. The molecule has 0 atom stereocenters. The van der Waals surface area contributed by atoms with Gasteiger partial charge in [-0.2, -0.15) is 5.26 Å². The van der Waals surface area contributed by atoms with Crippen LogP contribution >= 0.6 is 0 Å². The number of nitriles is 1. The molecule has 0 saturated carbocycles. The van der Waals surface area contributed by atoms with E-state index in [1.807, 2.05) is 6.07 Å². The highest BCUT2D eigenvalue weighted by Crippen LogP contribution is 2.16. The predicted molar refractivity (Wildman–Crippen MR) is 96.0 cm³/mol. The van der Waals surface area contributed by atoms with E-state index in [0.29, 0.717) is 28.9 Å². The van der Waals surface area contributed by atoms with Gasteiger partial charge in [-0.05, 0) is 55.7 Å². The molecule has 0 aliphatic heterocycles. The molecule has 7 nitrogen and oxygen atoms in total. The molecule has 0 fully saturated rings. The number of nitrogens with zero attached hydrogens (tertiary/aromatic N) is 1. The summed E-state index contributed by atoms with van der Waals surface area (Å²) in [6.45, 7) is 3.45. The average Bonchev–Trinajstić information content (AvgIpc) is 2.61. The topological polar surface area (TPSA) is 112 Å². The monoisotopic (exact) mass is 353 g/mol. The van der Waals surface area contributed by atoms with Crippen molar-refractivity contribution in [3.05, 3.63) is 62.6 Å². The minimum atomic E-state index is -0.444. The second kappa shape index (κ2) is 8.12. The summed E-state index contributed by atoms with van der Waals surface area (Å²) in [4.78, 5) is 37.9. The number of pyridine rings is 1. The van der Waals surface area contributed by atoms with E-state index in [1.165, 1.54) is 7.11 Å². The molecular formula is C19H19N3O4. The number of amides is 1. The summed E-state index contributed by atoms with van der Waals surface area (Å²) in [7, 11) is 1.30. The van der Waals surface area contributed by atoms with Crippen LogP contribution in [-0.2, 0) is 16.0 Å². The van der Waals surface area contributed by atoms with Gasteiger partial charge in [0.05, 0.1) is 12.7 Å². The quantitative estimate of drug-likeness (QED) is 0.801. The number of carbonyl (C=O) groups excluding carboxylic acids is 2. The maximum absolute atomic E-state index is 12.2. The summed E-state index contributed by atoms with van der Waals surface area (Å²) in [5, 5.41) is 11.8. The zero-order valence-electron chi connectivity index (χ0n) is 14.8. The van der Waals surface area contributed by atoms with Gasteiger partial charge in [-0.25, -0.2) is 4.79 Å². The second-order valence-corrected chi connectivity index (χ2v) is 5.79. The first kappa shape index (κ1) is 18.9. The lowest BCUT2D eigenvalue weighted by molar-refractivity contribution is -0.116. The fourth-order valence-corrected chi connectivity index (χ4v) is 2.69. The lowest BCUT2D eigenvalue weighted by Gasteiger charge is -2.11. The Morgan fingerprint density at radius 1 is 1.23 bits per heavy atom. The molecule has 1 amide bonds. The van der Waals surface area contributed by atoms with E-state index in [4.69, 9.17) is 5.26 Å². The Kier molecular flexibility index (Phi) is 5.91. The Bertz CT molecular complexity index is 937. The van der Waals surface area contributed by atoms with Crippen LogP contribution in [-0.4, -0.2) is 24.0 Å². The molecule has 0 spiro atoms. The van der Waals surface area contributed by atoms with Crippen molar-refractivity contribution in [1.82, 2.24) is 4.98 Å². The van der Waals surface area contributed by atoms with Gasteiger partial charge in [0.1, 0.15) is 11.6 Å². The average molecular weight is 353 g/mol. The summed E-state index contributed by atoms with van der Waals surface area (Å²) < 4.78 is 4.62. The van der Waals surface area contributed by atoms with Crippen molar-refractivity contribution in [2.24, 2.45) is 0 Å². The molecular weight excluding hydrogens is 334 g/mol. The number of nitrogens with one attached hydrogen (secondary N) is 2. The molecule has 0 aliphatic rings. The smallest absolute Gasteiger partial charge is 0.337 e. The third-order valence-electron chi connectivity index (χ3n) is 4.11. The number of hydrogen-bond donors (Lipinski definition) is 2. The van der Waals surface area contributed by atoms with E-state index in [9.17, 15) is 14.4 Å². The van der Waals surface area contributed by atoms with Crippen LogP contribution in [0.15, 0.2) is 29.1 Å². The lowest BCUT2D eigenvalue weighted by atomic mass is 9.99. The first-order chi connectivity index (χ1) is 12.4. The maximum Gasteiger partial charge on any atom is 0.337 e. The Morgan fingerprint density at radius 3 is 2.46 bits per heavy atom. The summed E-state index contributed by atoms with van der Waals surface area (Å²) in [6, 6.07) is 8.27. The molecule has 134 valence electrons. The van der Waals surface area contributed by atoms with E-state index in [0.717, 1.165) is 5.56 Å². The highest BCUT2D eigenvalue weighted by Gasteiger charge is 2.13. The molecule has 0 unspecified atom stereocenters. The fraction of sp³-hybridized carbons (Fsp3) is 0.263. The van der Waals surface area contributed by atoms with E-state index in [2.05, 4.69) is 15.0 Å². The molecule has 0 radical (unpaired) electrons. The maximum atomic E-state index is 12.2. The first-order valence-corrected chi connectivity index (χ1v) is 7.98. The number of hydrogen-bond acceptors (Lipinski definition) is 5. The van der Waals surface area contributed by atoms with Crippen molar-refractivity contribution in [3.63, 3.8) is 0 Å². The third-order valence-corrected chi connectivity index (χ3v) is 4.11. The number of methoxy groups -OCH3 is 1. The Balaban J connectivity index is 2.05. The molecule has 1 aromatic heterocycles. The van der Waals surface area contributed by atoms with Crippen LogP contribution in [0.2, 0.25) is 0 Å². The van der Waals surface area contributed by atoms with Crippen molar-refractivity contribution in [2.45, 2.75) is 26.7 Å². The number of H-pyrrole nitrogens is 1. The minimum absolute atomic E-state index is 0.0735. The predicted octanol–water partition coefficient (Wildman–Crippen LogP) is 2.22. The van der Waals surface area contributed by atoms with Gasteiger partial charge in [-0.1, -0.05) is 0 Å². The highest BCUT2D eigenvalue weighted by atomic mass is 16.5. The van der Waals surface area contributed by atoms with Crippen LogP contribution in [0.3, 0.4) is 0 Å². The van der Waals surface area contributed by atoms with Crippen molar-refractivity contribution in [3.8, 4) is 6.07 Å². The standard InChI is InChI=1S/C19H19N3O4/c1-11-15(12(2)21-18(24)16(11)10-20)8-9-17(23)22-14-6-4-13(5-7-14)19(25)26-3/h4-7H,8-9H2,1-3H3,(H,21,24)(H,22,23). The van der Waals surface area contributed by atoms with Gasteiger partial charge in [-0.3, -0.25) is 9.59 Å². The second-order valence-electron chi connectivity index (χ2n) is 5.79. The van der Waals surface area contributed by atoms with E-state index >= 15 is 0 Å². The van der Waals surface area contributed by atoms with Crippen LogP contribution in [0.25, 0.3) is 0 Å². The number of ether oxygens (including phenoxy) is 1. The highest BCUT2D eigenvalue weighted by molar-refractivity contribution is 5.93. The number of esters is 1. The van der Waals surface area contributed by atoms with Crippen molar-refractivity contribution >= 4 is 17.6 Å². The Morgan fingerprint density at radius 2 is 1.88 bits per heavy atom. The summed E-state index contributed by atoms with van der Waals surface area (Å²) in [5.41, 5.74) is 2.66. The van der Waals surface area contributed by atoms with Crippen molar-refractivity contribution in [1.29, 1.82) is 5.26 Å². The molecule has 0 aliphatic carbocycles. The van der Waals surface area contributed by atoms with Crippen LogP contribution in [0.5, 0.6) is 0 Å². The molecule has 2 N–H and O–H groups in total. The number of carbonyl (C=O) groups is 2.